The lowest BCUT2D eigenvalue weighted by Crippen LogP contribution is -1.83. The van der Waals surface area contributed by atoms with Crippen molar-refractivity contribution in [3.05, 3.63) is 47.5 Å². The van der Waals surface area contributed by atoms with Crippen molar-refractivity contribution >= 4 is 33.2 Å². The fourth-order valence-electron chi connectivity index (χ4n) is 1.92. The van der Waals surface area contributed by atoms with Crippen LogP contribution in [-0.2, 0) is 0 Å². The SMILES string of the molecule is COc1ccc2c(-c3ccccc3)nsc2c1Cl. The van der Waals surface area contributed by atoms with Gasteiger partial charge in [-0.3, -0.25) is 0 Å². The van der Waals surface area contributed by atoms with Gasteiger partial charge in [0.1, 0.15) is 10.8 Å². The van der Waals surface area contributed by atoms with Crippen LogP contribution in [0, 0.1) is 0 Å². The molecule has 2 nitrogen and oxygen atoms in total. The maximum atomic E-state index is 6.29. The number of fused-ring (bicyclic) bond motifs is 1. The van der Waals surface area contributed by atoms with Gasteiger partial charge in [0.25, 0.3) is 0 Å². The first-order valence-electron chi connectivity index (χ1n) is 5.48. The van der Waals surface area contributed by atoms with Crippen molar-refractivity contribution in [2.45, 2.75) is 0 Å². The molecule has 0 atom stereocenters. The Labute approximate surface area is 114 Å². The molecule has 0 saturated carbocycles. The Kier molecular flexibility index (Phi) is 2.94. The fourth-order valence-corrected chi connectivity index (χ4v) is 3.09. The van der Waals surface area contributed by atoms with Crippen molar-refractivity contribution in [2.24, 2.45) is 0 Å². The molecule has 0 fully saturated rings. The number of hydrogen-bond acceptors (Lipinski definition) is 3. The largest absolute Gasteiger partial charge is 0.495 e. The highest BCUT2D eigenvalue weighted by Crippen LogP contribution is 2.39. The highest BCUT2D eigenvalue weighted by molar-refractivity contribution is 7.14. The summed E-state index contributed by atoms with van der Waals surface area (Å²) < 4.78 is 10.7. The summed E-state index contributed by atoms with van der Waals surface area (Å²) >= 11 is 7.69. The minimum absolute atomic E-state index is 0.634. The number of halogens is 1. The van der Waals surface area contributed by atoms with E-state index >= 15 is 0 Å². The first kappa shape index (κ1) is 11.5. The molecule has 2 aromatic carbocycles. The summed E-state index contributed by atoms with van der Waals surface area (Å²) in [6.07, 6.45) is 0. The van der Waals surface area contributed by atoms with Crippen molar-refractivity contribution in [3.8, 4) is 17.0 Å². The lowest BCUT2D eigenvalue weighted by atomic mass is 10.1. The average molecular weight is 276 g/mol. The molecule has 3 rings (SSSR count). The molecule has 0 radical (unpaired) electrons. The molecule has 0 aliphatic heterocycles. The van der Waals surface area contributed by atoms with Crippen molar-refractivity contribution in [2.75, 3.05) is 7.11 Å². The number of hydrogen-bond donors (Lipinski definition) is 0. The zero-order valence-electron chi connectivity index (χ0n) is 9.68. The first-order valence-corrected chi connectivity index (χ1v) is 6.63. The Balaban J connectivity index is 2.25. The Bertz CT molecular complexity index is 694. The molecule has 0 amide bonds. The van der Waals surface area contributed by atoms with E-state index in [0.717, 1.165) is 21.3 Å². The molecule has 0 saturated heterocycles. The molecule has 0 N–H and O–H groups in total. The summed E-state index contributed by atoms with van der Waals surface area (Å²) in [6, 6.07) is 14.0. The van der Waals surface area contributed by atoms with Crippen LogP contribution in [0.15, 0.2) is 42.5 Å². The van der Waals surface area contributed by atoms with Crippen LogP contribution in [-0.4, -0.2) is 11.5 Å². The van der Waals surface area contributed by atoms with E-state index in [2.05, 4.69) is 4.37 Å². The van der Waals surface area contributed by atoms with Crippen molar-refractivity contribution in [1.82, 2.24) is 4.37 Å². The van der Waals surface area contributed by atoms with E-state index in [4.69, 9.17) is 16.3 Å². The average Bonchev–Trinajstić information content (AvgIpc) is 2.85. The second-order valence-corrected chi connectivity index (χ2v) is 5.01. The van der Waals surface area contributed by atoms with E-state index in [-0.39, 0.29) is 0 Å². The Morgan fingerprint density at radius 2 is 1.89 bits per heavy atom. The van der Waals surface area contributed by atoms with Crippen LogP contribution in [0.4, 0.5) is 0 Å². The number of ether oxygens (including phenoxy) is 1. The normalized spacial score (nSPS) is 10.8. The number of methoxy groups -OCH3 is 1. The van der Waals surface area contributed by atoms with Crippen LogP contribution in [0.3, 0.4) is 0 Å². The smallest absolute Gasteiger partial charge is 0.139 e. The summed E-state index contributed by atoms with van der Waals surface area (Å²) in [7, 11) is 1.62. The van der Waals surface area contributed by atoms with Crippen LogP contribution < -0.4 is 4.74 Å². The van der Waals surface area contributed by atoms with Crippen LogP contribution >= 0.6 is 23.1 Å². The van der Waals surface area contributed by atoms with Crippen LogP contribution in [0.5, 0.6) is 5.75 Å². The molecule has 0 spiro atoms. The van der Waals surface area contributed by atoms with E-state index < -0.39 is 0 Å². The Morgan fingerprint density at radius 3 is 2.61 bits per heavy atom. The molecule has 0 aliphatic carbocycles. The van der Waals surface area contributed by atoms with E-state index in [1.54, 1.807) is 7.11 Å². The molecule has 1 heterocycles. The second-order valence-electron chi connectivity index (χ2n) is 3.86. The lowest BCUT2D eigenvalue weighted by molar-refractivity contribution is 0.415. The zero-order valence-corrected chi connectivity index (χ0v) is 11.3. The van der Waals surface area contributed by atoms with Gasteiger partial charge in [-0.15, -0.1) is 0 Å². The third-order valence-corrected chi connectivity index (χ3v) is 4.18. The first-order chi connectivity index (χ1) is 8.81. The standard InChI is InChI=1S/C14H10ClNOS/c1-17-11-8-7-10-13(9-5-3-2-4-6-9)16-18-14(10)12(11)15/h2-8H,1H3. The monoisotopic (exact) mass is 275 g/mol. The van der Waals surface area contributed by atoms with Gasteiger partial charge in [-0.05, 0) is 23.7 Å². The van der Waals surface area contributed by atoms with Crippen LogP contribution in [0.2, 0.25) is 5.02 Å². The second kappa shape index (κ2) is 4.59. The van der Waals surface area contributed by atoms with Gasteiger partial charge in [0, 0.05) is 10.9 Å². The molecule has 0 aliphatic rings. The summed E-state index contributed by atoms with van der Waals surface area (Å²) in [5.74, 6) is 0.687. The number of aromatic nitrogens is 1. The van der Waals surface area contributed by atoms with Gasteiger partial charge in [0.2, 0.25) is 0 Å². The quantitative estimate of drug-likeness (QED) is 0.680. The summed E-state index contributed by atoms with van der Waals surface area (Å²) in [5.41, 5.74) is 2.07. The van der Waals surface area contributed by atoms with E-state index in [1.165, 1.54) is 11.5 Å². The molecule has 3 aromatic rings. The van der Waals surface area contributed by atoms with Gasteiger partial charge in [0.15, 0.2) is 0 Å². The fraction of sp³-hybridized carbons (Fsp3) is 0.0714. The summed E-state index contributed by atoms with van der Waals surface area (Å²) in [6.45, 7) is 0. The van der Waals surface area contributed by atoms with Gasteiger partial charge >= 0.3 is 0 Å². The summed E-state index contributed by atoms with van der Waals surface area (Å²) in [5, 5.41) is 1.70. The minimum Gasteiger partial charge on any atom is -0.495 e. The maximum Gasteiger partial charge on any atom is 0.139 e. The zero-order chi connectivity index (χ0) is 12.5. The maximum absolute atomic E-state index is 6.29. The molecule has 18 heavy (non-hydrogen) atoms. The van der Waals surface area contributed by atoms with Gasteiger partial charge in [0.05, 0.1) is 17.5 Å². The highest BCUT2D eigenvalue weighted by atomic mass is 35.5. The van der Waals surface area contributed by atoms with E-state index in [1.807, 2.05) is 42.5 Å². The van der Waals surface area contributed by atoms with Crippen molar-refractivity contribution < 1.29 is 4.74 Å². The molecule has 4 heteroatoms. The molecular formula is C14H10ClNOS. The number of benzene rings is 2. The molecule has 1 aromatic heterocycles. The van der Waals surface area contributed by atoms with E-state index in [0.29, 0.717) is 10.8 Å². The Morgan fingerprint density at radius 1 is 1.11 bits per heavy atom. The molecular weight excluding hydrogens is 266 g/mol. The lowest BCUT2D eigenvalue weighted by Gasteiger charge is -2.03. The minimum atomic E-state index is 0.634. The third kappa shape index (κ3) is 1.76. The highest BCUT2D eigenvalue weighted by Gasteiger charge is 2.13. The predicted octanol–water partition coefficient (Wildman–Crippen LogP) is 4.63. The third-order valence-electron chi connectivity index (χ3n) is 2.81. The van der Waals surface area contributed by atoms with Crippen molar-refractivity contribution in [1.29, 1.82) is 0 Å². The topological polar surface area (TPSA) is 22.1 Å². The van der Waals surface area contributed by atoms with Gasteiger partial charge < -0.3 is 4.74 Å². The predicted molar refractivity (Wildman–Crippen MR) is 76.6 cm³/mol. The van der Waals surface area contributed by atoms with E-state index in [9.17, 15) is 0 Å². The van der Waals surface area contributed by atoms with Gasteiger partial charge in [-0.25, -0.2) is 0 Å². The number of nitrogens with zero attached hydrogens (tertiary/aromatic N) is 1. The molecule has 0 bridgehead atoms. The van der Waals surface area contributed by atoms with Crippen LogP contribution in [0.1, 0.15) is 0 Å². The van der Waals surface area contributed by atoms with Gasteiger partial charge in [-0.2, -0.15) is 4.37 Å². The van der Waals surface area contributed by atoms with Crippen molar-refractivity contribution in [3.63, 3.8) is 0 Å². The molecule has 90 valence electrons. The summed E-state index contributed by atoms with van der Waals surface area (Å²) in [4.78, 5) is 0. The van der Waals surface area contributed by atoms with Crippen LogP contribution in [0.25, 0.3) is 21.3 Å². The molecule has 0 unspecified atom stereocenters. The van der Waals surface area contributed by atoms with Gasteiger partial charge in [-0.1, -0.05) is 41.9 Å². The Hall–Kier alpha value is -1.58. The number of rotatable bonds is 2.